The molecule has 0 unspecified atom stereocenters. The van der Waals surface area contributed by atoms with Crippen molar-refractivity contribution in [2.45, 2.75) is 44.6 Å². The average molecular weight is 323 g/mol. The van der Waals surface area contributed by atoms with Crippen molar-refractivity contribution in [3.8, 4) is 17.1 Å². The van der Waals surface area contributed by atoms with Crippen LogP contribution in [0.1, 0.15) is 44.1 Å². The van der Waals surface area contributed by atoms with Crippen molar-refractivity contribution < 1.29 is 4.52 Å². The van der Waals surface area contributed by atoms with Gasteiger partial charge >= 0.3 is 0 Å². The fourth-order valence-corrected chi connectivity index (χ4v) is 3.45. The van der Waals surface area contributed by atoms with Crippen molar-refractivity contribution >= 4 is 0 Å². The zero-order valence-electron chi connectivity index (χ0n) is 13.8. The quantitative estimate of drug-likeness (QED) is 0.797. The molecule has 0 saturated heterocycles. The van der Waals surface area contributed by atoms with Crippen molar-refractivity contribution in [1.29, 1.82) is 0 Å². The molecule has 0 spiro atoms. The summed E-state index contributed by atoms with van der Waals surface area (Å²) in [6.45, 7) is 2.10. The van der Waals surface area contributed by atoms with Crippen LogP contribution in [0.15, 0.2) is 41.1 Å². The lowest BCUT2D eigenvalue weighted by Crippen LogP contribution is -2.34. The van der Waals surface area contributed by atoms with E-state index in [1.165, 1.54) is 0 Å². The Balaban J connectivity index is 1.73. The van der Waals surface area contributed by atoms with Gasteiger partial charge in [0, 0.05) is 0 Å². The highest BCUT2D eigenvalue weighted by Gasteiger charge is 2.36. The fraction of sp³-hybridized carbons (Fsp3) is 0.389. The monoisotopic (exact) mass is 323 g/mol. The Kier molecular flexibility index (Phi) is 3.69. The first-order valence-corrected chi connectivity index (χ1v) is 8.47. The van der Waals surface area contributed by atoms with E-state index in [2.05, 4.69) is 22.2 Å². The number of nitrogens with two attached hydrogens (primary N) is 1. The lowest BCUT2D eigenvalue weighted by molar-refractivity contribution is 0.372. The number of nitrogens with zero attached hydrogens (tertiary/aromatic N) is 4. The minimum Gasteiger partial charge on any atom is -0.334 e. The maximum Gasteiger partial charge on any atom is 0.261 e. The molecule has 0 aliphatic heterocycles. The molecule has 3 aromatic rings. The molecule has 2 heterocycles. The van der Waals surface area contributed by atoms with Gasteiger partial charge in [0.05, 0.1) is 28.7 Å². The summed E-state index contributed by atoms with van der Waals surface area (Å²) in [7, 11) is 0. The van der Waals surface area contributed by atoms with Crippen molar-refractivity contribution in [3.05, 3.63) is 48.0 Å². The van der Waals surface area contributed by atoms with Crippen LogP contribution in [-0.4, -0.2) is 19.9 Å². The summed E-state index contributed by atoms with van der Waals surface area (Å²) in [5, 5.41) is 8.67. The topological polar surface area (TPSA) is 82.8 Å². The van der Waals surface area contributed by atoms with Gasteiger partial charge in [0.15, 0.2) is 5.82 Å². The summed E-state index contributed by atoms with van der Waals surface area (Å²) in [6.07, 6.45) is 6.67. The molecular formula is C18H21N5O. The first kappa shape index (κ1) is 15.1. The van der Waals surface area contributed by atoms with Gasteiger partial charge in [0.2, 0.25) is 0 Å². The van der Waals surface area contributed by atoms with Crippen LogP contribution in [0.25, 0.3) is 17.1 Å². The molecule has 0 radical (unpaired) electrons. The standard InChI is InChI=1S/C18H21N5O/c1-2-15-14(12-20-23(15)13-8-4-3-5-9-13)16-21-17(22-24-16)18(19)10-6-7-11-18/h3-5,8-9,12H,2,6-7,10-11,19H2,1H3. The first-order valence-electron chi connectivity index (χ1n) is 8.47. The highest BCUT2D eigenvalue weighted by atomic mass is 16.5. The number of aromatic nitrogens is 4. The predicted octanol–water partition coefficient (Wildman–Crippen LogP) is 3.21. The third-order valence-corrected chi connectivity index (χ3v) is 4.80. The van der Waals surface area contributed by atoms with Crippen LogP contribution in [-0.2, 0) is 12.0 Å². The van der Waals surface area contributed by atoms with Gasteiger partial charge in [-0.3, -0.25) is 0 Å². The molecule has 1 aliphatic carbocycles. The Morgan fingerprint density at radius 2 is 1.96 bits per heavy atom. The van der Waals surface area contributed by atoms with Crippen LogP contribution < -0.4 is 5.73 Å². The summed E-state index contributed by atoms with van der Waals surface area (Å²) in [4.78, 5) is 4.59. The zero-order valence-corrected chi connectivity index (χ0v) is 13.8. The third kappa shape index (κ3) is 2.43. The summed E-state index contributed by atoms with van der Waals surface area (Å²) in [6, 6.07) is 10.1. The van der Waals surface area contributed by atoms with E-state index in [0.717, 1.165) is 49.0 Å². The second kappa shape index (κ2) is 5.87. The van der Waals surface area contributed by atoms with Crippen LogP contribution in [0.2, 0.25) is 0 Å². The van der Waals surface area contributed by atoms with Crippen LogP contribution in [0, 0.1) is 0 Å². The van der Waals surface area contributed by atoms with E-state index in [1.54, 1.807) is 6.20 Å². The highest BCUT2D eigenvalue weighted by molar-refractivity contribution is 5.57. The van der Waals surface area contributed by atoms with Crippen LogP contribution >= 0.6 is 0 Å². The molecule has 124 valence electrons. The minimum atomic E-state index is -0.441. The SMILES string of the molecule is CCc1c(-c2nc(C3(N)CCCC3)no2)cnn1-c1ccccc1. The van der Waals surface area contributed by atoms with E-state index in [-0.39, 0.29) is 0 Å². The smallest absolute Gasteiger partial charge is 0.261 e. The number of rotatable bonds is 4. The van der Waals surface area contributed by atoms with Crippen LogP contribution in [0.5, 0.6) is 0 Å². The van der Waals surface area contributed by atoms with Gasteiger partial charge in [-0.15, -0.1) is 0 Å². The van der Waals surface area contributed by atoms with Crippen molar-refractivity contribution in [3.63, 3.8) is 0 Å². The number of hydrogen-bond acceptors (Lipinski definition) is 5. The summed E-state index contributed by atoms with van der Waals surface area (Å²) in [5.41, 5.74) is 8.94. The number of benzene rings is 1. The second-order valence-electron chi connectivity index (χ2n) is 6.39. The normalized spacial score (nSPS) is 16.6. The molecule has 1 fully saturated rings. The van der Waals surface area contributed by atoms with Gasteiger partial charge in [-0.1, -0.05) is 43.1 Å². The molecule has 1 aromatic carbocycles. The second-order valence-corrected chi connectivity index (χ2v) is 6.39. The van der Waals surface area contributed by atoms with Crippen LogP contribution in [0.4, 0.5) is 0 Å². The lowest BCUT2D eigenvalue weighted by Gasteiger charge is -2.17. The fourth-order valence-electron chi connectivity index (χ4n) is 3.45. The van der Waals surface area contributed by atoms with Gasteiger partial charge in [-0.2, -0.15) is 10.1 Å². The van der Waals surface area contributed by atoms with E-state index in [0.29, 0.717) is 11.7 Å². The summed E-state index contributed by atoms with van der Waals surface area (Å²) < 4.78 is 7.45. The highest BCUT2D eigenvalue weighted by Crippen LogP contribution is 2.36. The van der Waals surface area contributed by atoms with Crippen molar-refractivity contribution in [2.24, 2.45) is 5.73 Å². The van der Waals surface area contributed by atoms with Crippen molar-refractivity contribution in [1.82, 2.24) is 19.9 Å². The summed E-state index contributed by atoms with van der Waals surface area (Å²) >= 11 is 0. The maximum absolute atomic E-state index is 6.43. The Labute approximate surface area is 140 Å². The first-order chi connectivity index (χ1) is 11.7. The molecule has 2 aromatic heterocycles. The largest absolute Gasteiger partial charge is 0.334 e. The van der Waals surface area contributed by atoms with Gasteiger partial charge < -0.3 is 10.3 Å². The molecule has 2 N–H and O–H groups in total. The molecule has 0 atom stereocenters. The number of para-hydroxylation sites is 1. The third-order valence-electron chi connectivity index (χ3n) is 4.80. The molecule has 6 nitrogen and oxygen atoms in total. The van der Waals surface area contributed by atoms with Gasteiger partial charge in [-0.05, 0) is 31.4 Å². The van der Waals surface area contributed by atoms with Gasteiger partial charge in [-0.25, -0.2) is 4.68 Å². The predicted molar refractivity (Wildman–Crippen MR) is 90.6 cm³/mol. The van der Waals surface area contributed by atoms with E-state index >= 15 is 0 Å². The molecule has 4 rings (SSSR count). The Hall–Kier alpha value is -2.47. The van der Waals surface area contributed by atoms with Crippen molar-refractivity contribution in [2.75, 3.05) is 0 Å². The molecule has 24 heavy (non-hydrogen) atoms. The molecule has 1 aliphatic rings. The molecule has 0 bridgehead atoms. The van der Waals surface area contributed by atoms with E-state index < -0.39 is 5.54 Å². The van der Waals surface area contributed by atoms with E-state index in [9.17, 15) is 0 Å². The molecule has 6 heteroatoms. The molecule has 0 amide bonds. The minimum absolute atomic E-state index is 0.441. The zero-order chi connectivity index (χ0) is 16.6. The Bertz CT molecular complexity index is 830. The van der Waals surface area contributed by atoms with Gasteiger partial charge in [0.25, 0.3) is 5.89 Å². The number of hydrogen-bond donors (Lipinski definition) is 1. The summed E-state index contributed by atoms with van der Waals surface area (Å²) in [5.74, 6) is 1.12. The molecule has 1 saturated carbocycles. The maximum atomic E-state index is 6.43. The van der Waals surface area contributed by atoms with E-state index in [1.807, 2.05) is 35.0 Å². The Morgan fingerprint density at radius 3 is 2.67 bits per heavy atom. The molecular weight excluding hydrogens is 302 g/mol. The Morgan fingerprint density at radius 1 is 1.21 bits per heavy atom. The lowest BCUT2D eigenvalue weighted by atomic mass is 9.99. The van der Waals surface area contributed by atoms with Gasteiger partial charge in [0.1, 0.15) is 0 Å². The average Bonchev–Trinajstić information content (AvgIpc) is 3.34. The van der Waals surface area contributed by atoms with Crippen LogP contribution in [0.3, 0.4) is 0 Å². The van der Waals surface area contributed by atoms with E-state index in [4.69, 9.17) is 10.3 Å².